The zero-order valence-electron chi connectivity index (χ0n) is 9.89. The summed E-state index contributed by atoms with van der Waals surface area (Å²) in [5.74, 6) is 1.02. The van der Waals surface area contributed by atoms with Gasteiger partial charge in [0, 0.05) is 6.42 Å². The van der Waals surface area contributed by atoms with E-state index in [-0.39, 0.29) is 0 Å². The van der Waals surface area contributed by atoms with E-state index in [1.807, 2.05) is 12.1 Å². The van der Waals surface area contributed by atoms with Crippen LogP contribution in [0.15, 0.2) is 12.1 Å². The molecule has 0 bridgehead atoms. The van der Waals surface area contributed by atoms with Crippen LogP contribution < -0.4 is 0 Å². The SMILES string of the molecule is CCCCCCc1nc2cc(Cl)c(Cl)cc2[nH]1. The predicted molar refractivity (Wildman–Crippen MR) is 74.0 cm³/mol. The molecule has 0 amide bonds. The second-order valence-electron chi connectivity index (χ2n) is 4.28. The Hall–Kier alpha value is -0.730. The number of hydrogen-bond acceptors (Lipinski definition) is 1. The largest absolute Gasteiger partial charge is 0.342 e. The Balaban J connectivity index is 2.09. The fourth-order valence-corrected chi connectivity index (χ4v) is 2.22. The van der Waals surface area contributed by atoms with Gasteiger partial charge in [-0.1, -0.05) is 49.4 Å². The molecule has 92 valence electrons. The molecular weight excluding hydrogens is 255 g/mol. The normalized spacial score (nSPS) is 11.2. The summed E-state index contributed by atoms with van der Waals surface area (Å²) in [5, 5.41) is 1.13. The topological polar surface area (TPSA) is 28.7 Å². The van der Waals surface area contributed by atoms with E-state index in [1.54, 1.807) is 0 Å². The second kappa shape index (κ2) is 5.74. The first-order chi connectivity index (χ1) is 8.20. The summed E-state index contributed by atoms with van der Waals surface area (Å²) < 4.78 is 0. The fraction of sp³-hybridized carbons (Fsp3) is 0.462. The van der Waals surface area contributed by atoms with Crippen molar-refractivity contribution in [3.05, 3.63) is 28.0 Å². The third-order valence-corrected chi connectivity index (χ3v) is 3.56. The van der Waals surface area contributed by atoms with E-state index in [0.29, 0.717) is 10.0 Å². The van der Waals surface area contributed by atoms with E-state index in [2.05, 4.69) is 16.9 Å². The second-order valence-corrected chi connectivity index (χ2v) is 5.09. The van der Waals surface area contributed by atoms with Gasteiger partial charge in [0.1, 0.15) is 5.82 Å². The standard InChI is InChI=1S/C13H16Cl2N2/c1-2-3-4-5-6-13-16-11-7-9(14)10(15)8-12(11)17-13/h7-8H,2-6H2,1H3,(H,16,17). The smallest absolute Gasteiger partial charge is 0.107 e. The first-order valence-corrected chi connectivity index (χ1v) is 6.80. The molecule has 0 atom stereocenters. The Bertz CT molecular complexity index is 466. The number of aryl methyl sites for hydroxylation is 1. The lowest BCUT2D eigenvalue weighted by atomic mass is 10.1. The number of aromatic amines is 1. The lowest BCUT2D eigenvalue weighted by Gasteiger charge is -1.95. The number of fused-ring (bicyclic) bond motifs is 1. The number of nitrogens with one attached hydrogen (secondary N) is 1. The van der Waals surface area contributed by atoms with Gasteiger partial charge >= 0.3 is 0 Å². The van der Waals surface area contributed by atoms with Gasteiger partial charge in [-0.05, 0) is 18.6 Å². The molecule has 0 saturated carbocycles. The van der Waals surface area contributed by atoms with Crippen LogP contribution in [0.5, 0.6) is 0 Å². The zero-order valence-corrected chi connectivity index (χ0v) is 11.4. The van der Waals surface area contributed by atoms with Crippen LogP contribution in [0.25, 0.3) is 11.0 Å². The van der Waals surface area contributed by atoms with Gasteiger partial charge in [0.15, 0.2) is 0 Å². The van der Waals surface area contributed by atoms with Crippen LogP contribution in [0, 0.1) is 0 Å². The van der Waals surface area contributed by atoms with Gasteiger partial charge < -0.3 is 4.98 Å². The molecule has 1 aromatic heterocycles. The molecule has 1 aromatic carbocycles. The van der Waals surface area contributed by atoms with Crippen LogP contribution in [0.3, 0.4) is 0 Å². The summed E-state index contributed by atoms with van der Waals surface area (Å²) in [6.45, 7) is 2.21. The lowest BCUT2D eigenvalue weighted by Crippen LogP contribution is -1.87. The number of imidazole rings is 1. The molecule has 0 saturated heterocycles. The van der Waals surface area contributed by atoms with Crippen LogP contribution in [-0.2, 0) is 6.42 Å². The summed E-state index contributed by atoms with van der Waals surface area (Å²) in [4.78, 5) is 7.80. The Morgan fingerprint density at radius 1 is 1.12 bits per heavy atom. The third-order valence-electron chi connectivity index (χ3n) is 2.84. The van der Waals surface area contributed by atoms with E-state index in [9.17, 15) is 0 Å². The van der Waals surface area contributed by atoms with Crippen molar-refractivity contribution >= 4 is 34.2 Å². The molecule has 0 unspecified atom stereocenters. The Kier molecular flexibility index (Phi) is 4.30. The highest BCUT2D eigenvalue weighted by atomic mass is 35.5. The average molecular weight is 271 g/mol. The summed E-state index contributed by atoms with van der Waals surface area (Å²) in [7, 11) is 0. The van der Waals surface area contributed by atoms with Crippen molar-refractivity contribution in [3.8, 4) is 0 Å². The number of aromatic nitrogens is 2. The zero-order chi connectivity index (χ0) is 12.3. The minimum Gasteiger partial charge on any atom is -0.342 e. The van der Waals surface area contributed by atoms with Crippen molar-refractivity contribution in [1.82, 2.24) is 9.97 Å². The number of rotatable bonds is 5. The number of H-pyrrole nitrogens is 1. The van der Waals surface area contributed by atoms with E-state index >= 15 is 0 Å². The van der Waals surface area contributed by atoms with Gasteiger partial charge in [0.05, 0.1) is 21.1 Å². The number of halogens is 2. The molecule has 1 heterocycles. The molecule has 0 fully saturated rings. The van der Waals surface area contributed by atoms with Crippen LogP contribution >= 0.6 is 23.2 Å². The maximum Gasteiger partial charge on any atom is 0.107 e. The Morgan fingerprint density at radius 3 is 2.65 bits per heavy atom. The van der Waals surface area contributed by atoms with Gasteiger partial charge in [-0.3, -0.25) is 0 Å². The molecule has 4 heteroatoms. The molecule has 0 aliphatic heterocycles. The summed E-state index contributed by atoms with van der Waals surface area (Å²) in [6.07, 6.45) is 5.97. The summed E-state index contributed by atoms with van der Waals surface area (Å²) in [6, 6.07) is 3.65. The monoisotopic (exact) mass is 270 g/mol. The lowest BCUT2D eigenvalue weighted by molar-refractivity contribution is 0.656. The fourth-order valence-electron chi connectivity index (χ4n) is 1.90. The maximum absolute atomic E-state index is 5.96. The van der Waals surface area contributed by atoms with Crippen molar-refractivity contribution in [1.29, 1.82) is 0 Å². The van der Waals surface area contributed by atoms with Gasteiger partial charge in [-0.15, -0.1) is 0 Å². The minimum absolute atomic E-state index is 0.559. The van der Waals surface area contributed by atoms with Crippen molar-refractivity contribution in [2.75, 3.05) is 0 Å². The van der Waals surface area contributed by atoms with Crippen LogP contribution in [0.4, 0.5) is 0 Å². The molecule has 1 N–H and O–H groups in total. The van der Waals surface area contributed by atoms with Crippen LogP contribution in [0.1, 0.15) is 38.4 Å². The average Bonchev–Trinajstić information content (AvgIpc) is 2.67. The van der Waals surface area contributed by atoms with Crippen molar-refractivity contribution in [2.45, 2.75) is 39.0 Å². The quantitative estimate of drug-likeness (QED) is 0.762. The molecule has 2 nitrogen and oxygen atoms in total. The highest BCUT2D eigenvalue weighted by molar-refractivity contribution is 6.42. The number of hydrogen-bond donors (Lipinski definition) is 1. The Morgan fingerprint density at radius 2 is 1.88 bits per heavy atom. The first kappa shape index (κ1) is 12.7. The van der Waals surface area contributed by atoms with Crippen LogP contribution in [-0.4, -0.2) is 9.97 Å². The summed E-state index contributed by atoms with van der Waals surface area (Å²) in [5.41, 5.74) is 1.86. The van der Waals surface area contributed by atoms with Gasteiger partial charge in [0.2, 0.25) is 0 Å². The summed E-state index contributed by atoms with van der Waals surface area (Å²) >= 11 is 11.9. The van der Waals surface area contributed by atoms with E-state index in [1.165, 1.54) is 25.7 Å². The molecule has 0 aliphatic carbocycles. The molecular formula is C13H16Cl2N2. The van der Waals surface area contributed by atoms with Gasteiger partial charge in [-0.2, -0.15) is 0 Å². The maximum atomic E-state index is 5.96. The molecule has 0 aliphatic rings. The molecule has 2 rings (SSSR count). The predicted octanol–water partition coefficient (Wildman–Crippen LogP) is 4.99. The van der Waals surface area contributed by atoms with Gasteiger partial charge in [0.25, 0.3) is 0 Å². The van der Waals surface area contributed by atoms with Crippen molar-refractivity contribution < 1.29 is 0 Å². The highest BCUT2D eigenvalue weighted by Gasteiger charge is 2.06. The van der Waals surface area contributed by atoms with Crippen molar-refractivity contribution in [2.24, 2.45) is 0 Å². The van der Waals surface area contributed by atoms with E-state index < -0.39 is 0 Å². The van der Waals surface area contributed by atoms with E-state index in [4.69, 9.17) is 23.2 Å². The third kappa shape index (κ3) is 3.14. The molecule has 17 heavy (non-hydrogen) atoms. The first-order valence-electron chi connectivity index (χ1n) is 6.04. The number of benzene rings is 1. The number of nitrogens with zero attached hydrogens (tertiary/aromatic N) is 1. The van der Waals surface area contributed by atoms with Crippen LogP contribution in [0.2, 0.25) is 10.0 Å². The van der Waals surface area contributed by atoms with E-state index in [0.717, 1.165) is 23.3 Å². The molecule has 0 spiro atoms. The molecule has 0 radical (unpaired) electrons. The van der Waals surface area contributed by atoms with Crippen molar-refractivity contribution in [3.63, 3.8) is 0 Å². The molecule has 2 aromatic rings. The Labute approximate surface area is 111 Å². The highest BCUT2D eigenvalue weighted by Crippen LogP contribution is 2.26. The van der Waals surface area contributed by atoms with Gasteiger partial charge in [-0.25, -0.2) is 4.98 Å². The minimum atomic E-state index is 0.559. The number of unbranched alkanes of at least 4 members (excludes halogenated alkanes) is 3.